The first kappa shape index (κ1) is 33.5. The molecule has 0 aliphatic rings. The Balaban J connectivity index is 1.43. The lowest BCUT2D eigenvalue weighted by atomic mass is 9.78. The number of phenolic OH excluding ortho intramolecular Hbond substituents is 1. The third-order valence-corrected chi connectivity index (χ3v) is 12.3. The van der Waals surface area contributed by atoms with Gasteiger partial charge in [-0.2, -0.15) is 0 Å². The molecule has 1 N–H and O–H groups in total. The van der Waals surface area contributed by atoms with Gasteiger partial charge in [0.1, 0.15) is 11.6 Å². The van der Waals surface area contributed by atoms with Crippen LogP contribution in [0.1, 0.15) is 96.7 Å². The fourth-order valence-corrected chi connectivity index (χ4v) is 8.65. The minimum Gasteiger partial charge on any atom is -0.507 e. The molecule has 324 valence electrons. The van der Waals surface area contributed by atoms with Crippen LogP contribution in [0, 0.1) is 6.92 Å². The Labute approximate surface area is 398 Å². The number of nitrogens with zero attached hydrogens (tertiary/aromatic N) is 3. The van der Waals surface area contributed by atoms with Gasteiger partial charge < -0.3 is 5.11 Å². The molecule has 2 aromatic heterocycles. The van der Waals surface area contributed by atoms with Crippen molar-refractivity contribution < 1.29 is 17.4 Å². The fraction of sp³-hybridized carbons (Fsp3) is 0.213. The van der Waals surface area contributed by atoms with Crippen molar-refractivity contribution in [2.45, 2.75) is 85.3 Å². The maximum Gasteiger partial charge on any atom is 0.149 e. The molecule has 0 saturated carbocycles. The van der Waals surface area contributed by atoms with Gasteiger partial charge in [-0.05, 0) is 128 Å². The number of para-hydroxylation sites is 1. The van der Waals surface area contributed by atoms with Crippen LogP contribution in [0.2, 0.25) is 0 Å². The number of benzene rings is 7. The van der Waals surface area contributed by atoms with Gasteiger partial charge in [0.2, 0.25) is 0 Å². The second kappa shape index (κ2) is 16.5. The van der Waals surface area contributed by atoms with E-state index < -0.39 is 42.4 Å². The van der Waals surface area contributed by atoms with Crippen LogP contribution in [0.25, 0.3) is 83.9 Å². The van der Waals surface area contributed by atoms with Crippen molar-refractivity contribution in [1.82, 2.24) is 14.5 Å². The Morgan fingerprint density at radius 2 is 1.11 bits per heavy atom. The first-order valence-electron chi connectivity index (χ1n) is 26.5. The van der Waals surface area contributed by atoms with E-state index in [-0.39, 0.29) is 17.3 Å². The maximum absolute atomic E-state index is 12.7. The summed E-state index contributed by atoms with van der Waals surface area (Å²) in [5.74, 6) is 0.0744. The molecule has 0 amide bonds. The predicted molar refractivity (Wildman–Crippen MR) is 274 cm³/mol. The number of hydrogen-bond donors (Lipinski definition) is 1. The highest BCUT2D eigenvalue weighted by Crippen LogP contribution is 2.46. The van der Waals surface area contributed by atoms with Gasteiger partial charge in [-0.15, -0.1) is 0 Å². The van der Waals surface area contributed by atoms with Gasteiger partial charge in [0.05, 0.1) is 28.0 Å². The van der Waals surface area contributed by atoms with Crippen LogP contribution in [-0.2, 0) is 16.2 Å². The Hall–Kier alpha value is -7.04. The third kappa shape index (κ3) is 8.54. The van der Waals surface area contributed by atoms with E-state index >= 15 is 0 Å². The lowest BCUT2D eigenvalue weighted by Gasteiger charge is -2.28. The highest BCUT2D eigenvalue weighted by molar-refractivity contribution is 5.98. The van der Waals surface area contributed by atoms with E-state index in [0.717, 1.165) is 50.2 Å². The molecule has 0 spiro atoms. The Morgan fingerprint density at radius 1 is 0.492 bits per heavy atom. The second-order valence-electron chi connectivity index (χ2n) is 19.2. The van der Waals surface area contributed by atoms with Crippen LogP contribution in [0.4, 0.5) is 0 Å². The number of hydrogen-bond acceptors (Lipinski definition) is 3. The molecule has 9 rings (SSSR count). The average Bonchev–Trinajstić information content (AvgIpc) is 3.72. The number of fused-ring (bicyclic) bond motifs is 1. The van der Waals surface area contributed by atoms with E-state index in [2.05, 4.69) is 76.2 Å². The summed E-state index contributed by atoms with van der Waals surface area (Å²) < 4.78 is 82.9. The second-order valence-corrected chi connectivity index (χ2v) is 19.2. The molecule has 4 nitrogen and oxygen atoms in total. The monoisotopic (exact) mass is 859 g/mol. The highest BCUT2D eigenvalue weighted by Gasteiger charge is 2.30. The highest BCUT2D eigenvalue weighted by atomic mass is 16.3. The van der Waals surface area contributed by atoms with Crippen molar-refractivity contribution >= 4 is 11.0 Å². The fourth-order valence-electron chi connectivity index (χ4n) is 8.65. The Kier molecular flexibility index (Phi) is 8.50. The molecule has 0 aliphatic carbocycles. The van der Waals surface area contributed by atoms with Gasteiger partial charge in [-0.25, -0.2) is 4.98 Å². The van der Waals surface area contributed by atoms with E-state index in [4.69, 9.17) is 22.3 Å². The number of aromatic hydroxyl groups is 1. The van der Waals surface area contributed by atoms with Crippen molar-refractivity contribution in [3.63, 3.8) is 0 Å². The molecule has 65 heavy (non-hydrogen) atoms. The normalized spacial score (nSPS) is 14.8. The molecule has 9 aromatic rings. The molecule has 2 heterocycles. The largest absolute Gasteiger partial charge is 0.507 e. The molecule has 4 heteroatoms. The number of aryl methyl sites for hydroxylation is 1. The van der Waals surface area contributed by atoms with Gasteiger partial charge in [-0.3, -0.25) is 9.55 Å². The topological polar surface area (TPSA) is 50.9 Å². The molecule has 0 bridgehead atoms. The molecule has 0 aliphatic heterocycles. The van der Waals surface area contributed by atoms with E-state index in [1.54, 1.807) is 53.2 Å². The van der Waals surface area contributed by atoms with Crippen LogP contribution < -0.4 is 0 Å². The number of rotatable bonds is 7. The first-order valence-corrected chi connectivity index (χ1v) is 22.0. The van der Waals surface area contributed by atoms with Gasteiger partial charge in [0.25, 0.3) is 0 Å². The van der Waals surface area contributed by atoms with Crippen LogP contribution in [0.15, 0.2) is 170 Å². The molecule has 7 aromatic carbocycles. The zero-order valence-electron chi connectivity index (χ0n) is 47.0. The van der Waals surface area contributed by atoms with Gasteiger partial charge in [-0.1, -0.05) is 177 Å². The Bertz CT molecular complexity index is 3510. The van der Waals surface area contributed by atoms with E-state index in [0.29, 0.717) is 38.9 Å². The summed E-state index contributed by atoms with van der Waals surface area (Å²) in [6, 6.07) is 51.8. The van der Waals surface area contributed by atoms with E-state index in [1.807, 2.05) is 87.5 Å². The summed E-state index contributed by atoms with van der Waals surface area (Å²) in [6.45, 7) is 3.43. The van der Waals surface area contributed by atoms with Crippen LogP contribution in [0.5, 0.6) is 5.75 Å². The lowest BCUT2D eigenvalue weighted by molar-refractivity contribution is 0.446. The average molecular weight is 859 g/mol. The SMILES string of the molecule is [2H]C([2H])([2H])C(c1cc(-c2ccccc2)ccc1-n1c(-c2cc(C(C)(C)C)cc(C(C)(C)C)c2O)nc2c(-c3cc(-c4ccccc4)cc(-c4cc(-c5ccc(C)cc5)ccn4)c3)cccc21)(C([2H])([2H])[2H])C([2H])([2H])[2H]. The molecular formula is C61H59N3O. The summed E-state index contributed by atoms with van der Waals surface area (Å²) in [7, 11) is 0. The standard InChI is InChI=1S/C61H59N3O/c1-39-24-26-42(27-25-39)44-30-31-62-53(36-44)47-33-45(41-20-15-12-16-21-41)32-46(34-47)49-22-17-23-55-56(49)63-58(50-37-48(59(2,3)4)38-52(57(50)65)61(8,9)10)64(55)54-29-28-43(35-51(54)60(5,6)7)40-18-13-11-14-19-40/h11-38,65H,1-10H3/i5D3,6D3,7D3. The molecular weight excluding hydrogens is 791 g/mol. The van der Waals surface area contributed by atoms with Crippen molar-refractivity contribution in [2.24, 2.45) is 0 Å². The summed E-state index contributed by atoms with van der Waals surface area (Å²) in [5, 5.41) is 12.7. The van der Waals surface area contributed by atoms with E-state index in [9.17, 15) is 5.11 Å². The van der Waals surface area contributed by atoms with Crippen molar-refractivity contribution in [3.8, 4) is 78.6 Å². The van der Waals surface area contributed by atoms with E-state index in [1.165, 1.54) is 6.07 Å². The lowest BCUT2D eigenvalue weighted by Crippen LogP contribution is -2.18. The quantitative estimate of drug-likeness (QED) is 0.174. The smallest absolute Gasteiger partial charge is 0.149 e. The zero-order valence-corrected chi connectivity index (χ0v) is 38.0. The minimum atomic E-state index is -3.61. The maximum atomic E-state index is 12.7. The molecule has 0 fully saturated rings. The molecule has 0 unspecified atom stereocenters. The van der Waals surface area contributed by atoms with Crippen molar-refractivity contribution in [3.05, 3.63) is 192 Å². The van der Waals surface area contributed by atoms with Gasteiger partial charge >= 0.3 is 0 Å². The van der Waals surface area contributed by atoms with Crippen LogP contribution in [-0.4, -0.2) is 19.6 Å². The number of phenols is 1. The van der Waals surface area contributed by atoms with Gasteiger partial charge in [0, 0.05) is 35.2 Å². The first-order chi connectivity index (χ1) is 34.7. The van der Waals surface area contributed by atoms with Crippen LogP contribution in [0.3, 0.4) is 0 Å². The summed E-state index contributed by atoms with van der Waals surface area (Å²) >= 11 is 0. The summed E-state index contributed by atoms with van der Waals surface area (Å²) in [6.07, 6.45) is 1.80. The summed E-state index contributed by atoms with van der Waals surface area (Å²) in [5.41, 5.74) is 6.78. The molecule has 0 atom stereocenters. The molecule has 0 saturated heterocycles. The number of imidazole rings is 1. The Morgan fingerprint density at radius 3 is 1.77 bits per heavy atom. The number of aromatic nitrogens is 3. The summed E-state index contributed by atoms with van der Waals surface area (Å²) in [4.78, 5) is 10.3. The zero-order chi connectivity index (χ0) is 53.3. The predicted octanol–water partition coefficient (Wildman–Crippen LogP) is 16.3. The minimum absolute atomic E-state index is 0.0311. The van der Waals surface area contributed by atoms with Gasteiger partial charge in [0.15, 0.2) is 0 Å². The molecule has 0 radical (unpaired) electrons. The third-order valence-electron chi connectivity index (χ3n) is 12.3. The van der Waals surface area contributed by atoms with Crippen LogP contribution >= 0.6 is 0 Å². The number of pyridine rings is 1. The van der Waals surface area contributed by atoms with Crippen molar-refractivity contribution in [1.29, 1.82) is 0 Å². The van der Waals surface area contributed by atoms with Crippen molar-refractivity contribution in [2.75, 3.05) is 0 Å².